The predicted molar refractivity (Wildman–Crippen MR) is 312 cm³/mol. The maximum absolute atomic E-state index is 11.3. The Labute approximate surface area is 512 Å². The molecule has 9 aromatic carbocycles. The predicted octanol–water partition coefficient (Wildman–Crippen LogP) is 4.73. The Morgan fingerprint density at radius 1 is 0.407 bits per heavy atom. The zero-order valence-corrected chi connectivity index (χ0v) is 54.0. The van der Waals surface area contributed by atoms with Crippen molar-refractivity contribution in [2.75, 3.05) is 0 Å². The van der Waals surface area contributed by atoms with Crippen LogP contribution >= 0.6 is 0 Å². The van der Waals surface area contributed by atoms with Gasteiger partial charge in [-0.2, -0.15) is 0 Å². The lowest BCUT2D eigenvalue weighted by Gasteiger charge is -2.18. The summed E-state index contributed by atoms with van der Waals surface area (Å²) in [6, 6.07) is 80.1. The van der Waals surface area contributed by atoms with Crippen LogP contribution in [0.2, 0.25) is 0 Å². The zero-order valence-electron chi connectivity index (χ0n) is 47.5. The topological polar surface area (TPSA) is 141 Å². The molecule has 81 heavy (non-hydrogen) atoms. The molecule has 0 fully saturated rings. The summed E-state index contributed by atoms with van der Waals surface area (Å²) >= 11 is -0.0129. The molecular weight excluding hydrogens is 1350 g/mol. The van der Waals surface area contributed by atoms with Crippen molar-refractivity contribution in [1.82, 2.24) is 0 Å². The van der Waals surface area contributed by atoms with Crippen molar-refractivity contribution in [3.05, 3.63) is 280 Å². The van der Waals surface area contributed by atoms with Crippen molar-refractivity contribution in [2.45, 2.75) is 104 Å². The number of aliphatic carboxylic acids is 2. The van der Waals surface area contributed by atoms with Gasteiger partial charge in [-0.1, -0.05) is 238 Å². The van der Waals surface area contributed by atoms with Crippen LogP contribution in [0.15, 0.2) is 237 Å². The summed E-state index contributed by atoms with van der Waals surface area (Å²) in [6.07, 6.45) is 5.61. The number of hydrogen-bond acceptors (Lipinski definition) is 6. The number of carboxylic acid groups (broad SMARTS) is 3. The van der Waals surface area contributed by atoms with Gasteiger partial charge < -0.3 is 30.0 Å². The van der Waals surface area contributed by atoms with Crippen LogP contribution in [-0.2, 0) is 26.8 Å². The smallest absolute Gasteiger partial charge is 0.357 e. The average Bonchev–Trinajstić information content (AvgIpc) is 3.45. The van der Waals surface area contributed by atoms with Crippen molar-refractivity contribution < 1.29 is 98.4 Å². The van der Waals surface area contributed by atoms with Crippen molar-refractivity contribution in [2.24, 2.45) is 0 Å². The molecule has 0 aliphatic rings. The number of carbonyl (C=O) groups is 3. The Balaban J connectivity index is 0.000000213. The van der Waals surface area contributed by atoms with Crippen molar-refractivity contribution in [1.29, 1.82) is 0 Å². The standard InChI is InChI=1S/C20H26I.2C12H10I.C11H8O3.C8H8O2.C8H16O2/c1-19(2,3)15-7-11-17(12-8-15)21-18-13-9-16(10-14-18)20(4,5)6;2*1-3-7-11(8-4-1)13-12-9-5-2-6-10-12;12-10-6-8-4-2-1-3-7(8)5-9(10)11(13)14;9-8(10)6-7-4-2-1-3-5-7;1-2-3-4-5-6-7-8(9)10/h7-14H,1-6H3;2*1-10H;1-6,12H,(H,13,14);1-5H,6H2,(H,9,10);2-7H2,1H3,(H,9,10)/q3*+1;;;/p-3. The fraction of sp³-hybridized carbons (Fsp3) is 0.225. The third kappa shape index (κ3) is 28.3. The number of aromatic carboxylic acids is 1. The highest BCUT2D eigenvalue weighted by atomic mass is 127. The van der Waals surface area contributed by atoms with E-state index in [4.69, 9.17) is 5.11 Å². The number of carbonyl (C=O) groups excluding carboxylic acids is 2. The van der Waals surface area contributed by atoms with E-state index >= 15 is 0 Å². The van der Waals surface area contributed by atoms with Crippen molar-refractivity contribution >= 4 is 28.7 Å². The lowest BCUT2D eigenvalue weighted by Crippen LogP contribution is -3.61. The second kappa shape index (κ2) is 36.9. The quantitative estimate of drug-likeness (QED) is 0.116. The summed E-state index contributed by atoms with van der Waals surface area (Å²) < 4.78 is 8.90. The van der Waals surface area contributed by atoms with Crippen LogP contribution in [0.4, 0.5) is 0 Å². The molecule has 0 saturated carbocycles. The second-order valence-corrected chi connectivity index (χ2v) is 29.6. The SMILES string of the molecule is CC(C)(C)c1ccc([I+]c2ccc(C(C)(C)C)cc2)cc1.CCCCCCCC(=O)[O-].O=C(O)c1cc2ccccc2cc1[O-].O=C([O-])Cc1ccccc1.c1ccc([I+]c2ccccc2)cc1.c1ccc([I+]c2ccccc2)cc1. The van der Waals surface area contributed by atoms with Gasteiger partial charge in [0, 0.05) is 18.4 Å². The minimum absolute atomic E-state index is 0.000833. The minimum Gasteiger partial charge on any atom is -0.872 e. The number of carboxylic acids is 3. The Bertz CT molecular complexity index is 2970. The summed E-state index contributed by atoms with van der Waals surface area (Å²) in [6.45, 7) is 15.7. The van der Waals surface area contributed by atoms with Gasteiger partial charge >= 0.3 is 69.6 Å². The molecule has 0 aliphatic carbocycles. The molecule has 9 aromatic rings. The van der Waals surface area contributed by atoms with Crippen molar-refractivity contribution in [3.63, 3.8) is 0 Å². The van der Waals surface area contributed by atoms with E-state index in [0.717, 1.165) is 35.6 Å². The molecule has 0 saturated heterocycles. The number of unbranched alkanes of at least 4 members (excludes halogenated alkanes) is 4. The highest BCUT2D eigenvalue weighted by molar-refractivity contribution is 5.97. The lowest BCUT2D eigenvalue weighted by atomic mass is 9.87. The molecule has 10 heteroatoms. The molecule has 1 N–H and O–H groups in total. The van der Waals surface area contributed by atoms with Gasteiger partial charge in [-0.15, -0.1) is 0 Å². The van der Waals surface area contributed by atoms with Gasteiger partial charge in [-0.05, 0) is 130 Å². The first-order valence-electron chi connectivity index (χ1n) is 27.0. The third-order valence-electron chi connectivity index (χ3n) is 11.8. The second-order valence-electron chi connectivity index (χ2n) is 20.6. The van der Waals surface area contributed by atoms with E-state index in [1.54, 1.807) is 42.5 Å². The normalized spacial score (nSPS) is 10.5. The van der Waals surface area contributed by atoms with Crippen LogP contribution in [0.3, 0.4) is 0 Å². The summed E-state index contributed by atoms with van der Waals surface area (Å²) in [5.41, 5.74) is 3.92. The van der Waals surface area contributed by atoms with Crippen LogP contribution in [0.1, 0.15) is 114 Å². The van der Waals surface area contributed by atoms with Crippen LogP contribution in [0, 0.1) is 21.4 Å². The first kappa shape index (κ1) is 67.1. The van der Waals surface area contributed by atoms with Gasteiger partial charge in [0.1, 0.15) is 0 Å². The summed E-state index contributed by atoms with van der Waals surface area (Å²) in [7, 11) is 0. The number of rotatable bonds is 15. The molecule has 0 bridgehead atoms. The molecule has 0 atom stereocenters. The largest absolute Gasteiger partial charge is 0.872 e. The summed E-state index contributed by atoms with van der Waals surface area (Å²) in [5.74, 6) is -3.58. The van der Waals surface area contributed by atoms with Gasteiger partial charge in [0.05, 0.1) is 5.56 Å². The maximum Gasteiger partial charge on any atom is 0.357 e. The molecule has 0 unspecified atom stereocenters. The number of hydrogen-bond donors (Lipinski definition) is 1. The van der Waals surface area contributed by atoms with E-state index in [0.29, 0.717) is 0 Å². The molecule has 0 amide bonds. The fourth-order valence-corrected chi connectivity index (χ4v) is 14.0. The minimum atomic E-state index is -1.18. The molecule has 9 rings (SSSR count). The molecule has 0 aliphatic heterocycles. The lowest BCUT2D eigenvalue weighted by molar-refractivity contribution is -0.597. The van der Waals surface area contributed by atoms with Crippen LogP contribution in [0.5, 0.6) is 5.75 Å². The van der Waals surface area contributed by atoms with E-state index in [9.17, 15) is 29.7 Å². The highest BCUT2D eigenvalue weighted by Gasteiger charge is 2.20. The number of fused-ring (bicyclic) bond motifs is 1. The third-order valence-corrected chi connectivity index (χ3v) is 19.8. The summed E-state index contributed by atoms with van der Waals surface area (Å²) in [5, 5.41) is 41.5. The van der Waals surface area contributed by atoms with Crippen LogP contribution in [-0.4, -0.2) is 23.0 Å². The molecule has 0 aromatic heterocycles. The average molecular weight is 1420 g/mol. The van der Waals surface area contributed by atoms with E-state index in [1.165, 1.54) is 57.5 Å². The molecule has 0 spiro atoms. The van der Waals surface area contributed by atoms with Gasteiger partial charge in [0.25, 0.3) is 0 Å². The molecule has 7 nitrogen and oxygen atoms in total. The summed E-state index contributed by atoms with van der Waals surface area (Å²) in [4.78, 5) is 30.6. The first-order valence-corrected chi connectivity index (χ1v) is 33.5. The monoisotopic (exact) mass is 1420 g/mol. The zero-order chi connectivity index (χ0) is 58.9. The van der Waals surface area contributed by atoms with Gasteiger partial charge in [-0.3, -0.25) is 0 Å². The fourth-order valence-electron chi connectivity index (χ4n) is 7.34. The highest BCUT2D eigenvalue weighted by Crippen LogP contribution is 2.24. The van der Waals surface area contributed by atoms with E-state index in [1.807, 2.05) is 12.1 Å². The Morgan fingerprint density at radius 3 is 1.05 bits per heavy atom. The van der Waals surface area contributed by atoms with E-state index in [2.05, 4.69) is 218 Å². The van der Waals surface area contributed by atoms with E-state index in [-0.39, 0.29) is 92.9 Å². The van der Waals surface area contributed by atoms with Crippen LogP contribution in [0.25, 0.3) is 10.8 Å². The maximum atomic E-state index is 11.3. The van der Waals surface area contributed by atoms with Gasteiger partial charge in [0.2, 0.25) is 0 Å². The van der Waals surface area contributed by atoms with E-state index < -0.39 is 23.7 Å². The van der Waals surface area contributed by atoms with Crippen LogP contribution < -0.4 is 78.9 Å². The first-order chi connectivity index (χ1) is 38.8. The molecule has 0 heterocycles. The molecule has 422 valence electrons. The Kier molecular flexibility index (Phi) is 30.6. The Morgan fingerprint density at radius 2 is 0.728 bits per heavy atom. The van der Waals surface area contributed by atoms with Crippen molar-refractivity contribution in [3.8, 4) is 5.75 Å². The number of halogens is 3. The van der Waals surface area contributed by atoms with Gasteiger partial charge in [-0.25, -0.2) is 4.79 Å². The number of benzene rings is 9. The molecular formula is C71H75I3O7. The van der Waals surface area contributed by atoms with Gasteiger partial charge in [0.15, 0.2) is 21.4 Å². The molecule has 0 radical (unpaired) electrons. The Hall–Kier alpha value is -6.36.